The predicted octanol–water partition coefficient (Wildman–Crippen LogP) is 7.24. The lowest BCUT2D eigenvalue weighted by molar-refractivity contribution is -0.144. The van der Waals surface area contributed by atoms with Crippen molar-refractivity contribution in [3.05, 3.63) is 58.7 Å². The topological polar surface area (TPSA) is 209 Å². The van der Waals surface area contributed by atoms with Crippen molar-refractivity contribution in [2.24, 2.45) is 0 Å². The van der Waals surface area contributed by atoms with Crippen LogP contribution in [0.4, 0.5) is 0 Å². The molecule has 60 heavy (non-hydrogen) atoms. The number of rotatable bonds is 29. The Labute approximate surface area is 363 Å². The minimum atomic E-state index is -0.605. The van der Waals surface area contributed by atoms with Crippen molar-refractivity contribution in [1.29, 1.82) is 0 Å². The van der Waals surface area contributed by atoms with E-state index < -0.39 is 34.1 Å². The van der Waals surface area contributed by atoms with Gasteiger partial charge in [-0.15, -0.1) is 23.5 Å². The zero-order valence-corrected chi connectivity index (χ0v) is 37.4. The summed E-state index contributed by atoms with van der Waals surface area (Å²) in [6, 6.07) is 9.95. The van der Waals surface area contributed by atoms with E-state index in [0.29, 0.717) is 48.7 Å². The number of aromatic hydroxyl groups is 2. The number of amides is 4. The van der Waals surface area contributed by atoms with Crippen molar-refractivity contribution in [2.75, 3.05) is 24.7 Å². The highest BCUT2D eigenvalue weighted by Gasteiger charge is 2.20. The molecule has 2 aromatic rings. The summed E-state index contributed by atoms with van der Waals surface area (Å²) < 4.78 is 10.7. The van der Waals surface area contributed by atoms with Crippen LogP contribution in [0.1, 0.15) is 149 Å². The van der Waals surface area contributed by atoms with E-state index in [9.17, 15) is 39.0 Å². The molecular weight excluding hydrogens is 809 g/mol. The van der Waals surface area contributed by atoms with Crippen LogP contribution < -0.4 is 21.7 Å². The standard InChI is InChI=1S/C44H66N4O10S2/c1-5-7-19-33-21-17-23-35(39(33)51)43(55)47-45-41(53)31(3)59-29-25-37(49)57-27-15-13-11-9-10-12-14-16-28-58-38(50)26-30-60-32(4)42(54)46-48-44(56)36-24-18-22-34(40(36)52)20-8-6-2/h17-18,21-24,31-32,51-52H,5-16,19-20,25-30H2,1-4H3,(H,45,53)(H,46,54)(H,47,55)(H,48,56). The zero-order chi connectivity index (χ0) is 44.1. The summed E-state index contributed by atoms with van der Waals surface area (Å²) in [5.74, 6) is -2.05. The first kappa shape index (κ1) is 51.7. The van der Waals surface area contributed by atoms with Crippen molar-refractivity contribution in [3.8, 4) is 11.5 Å². The second-order valence-electron chi connectivity index (χ2n) is 14.5. The van der Waals surface area contributed by atoms with Crippen molar-refractivity contribution >= 4 is 59.1 Å². The lowest BCUT2D eigenvalue weighted by atomic mass is 10.0. The van der Waals surface area contributed by atoms with Gasteiger partial charge in [-0.25, -0.2) is 0 Å². The lowest BCUT2D eigenvalue weighted by Gasteiger charge is -2.14. The van der Waals surface area contributed by atoms with Gasteiger partial charge in [0.25, 0.3) is 23.6 Å². The molecule has 0 aliphatic rings. The number of phenolic OH excluding ortho intramolecular Hbond substituents is 2. The predicted molar refractivity (Wildman–Crippen MR) is 237 cm³/mol. The fourth-order valence-corrected chi connectivity index (χ4v) is 7.53. The quantitative estimate of drug-likeness (QED) is 0.0272. The van der Waals surface area contributed by atoms with Gasteiger partial charge in [0.05, 0.1) is 47.7 Å². The molecule has 0 aliphatic carbocycles. The number of ether oxygens (including phenoxy) is 2. The molecule has 2 unspecified atom stereocenters. The van der Waals surface area contributed by atoms with Crippen LogP contribution in [0.15, 0.2) is 36.4 Å². The number of carbonyl (C=O) groups is 6. The Kier molecular flexibility index (Phi) is 26.3. The molecule has 6 N–H and O–H groups in total. The molecule has 0 spiro atoms. The number of benzene rings is 2. The average Bonchev–Trinajstić information content (AvgIpc) is 3.23. The van der Waals surface area contributed by atoms with E-state index in [4.69, 9.17) is 9.47 Å². The number of nitrogens with one attached hydrogen (secondary N) is 4. The molecule has 0 fully saturated rings. The number of aryl methyl sites for hydroxylation is 2. The Balaban J connectivity index is 1.41. The molecule has 14 nitrogen and oxygen atoms in total. The summed E-state index contributed by atoms with van der Waals surface area (Å²) in [4.78, 5) is 74.2. The number of thioether (sulfide) groups is 2. The molecule has 2 atom stereocenters. The van der Waals surface area contributed by atoms with Gasteiger partial charge in [0, 0.05) is 11.5 Å². The Bertz CT molecular complexity index is 1540. The van der Waals surface area contributed by atoms with E-state index in [2.05, 4.69) is 21.7 Å². The van der Waals surface area contributed by atoms with Gasteiger partial charge < -0.3 is 19.7 Å². The molecule has 0 saturated carbocycles. The third-order valence-electron chi connectivity index (χ3n) is 9.58. The van der Waals surface area contributed by atoms with Crippen LogP contribution in [0.25, 0.3) is 0 Å². The second-order valence-corrected chi connectivity index (χ2v) is 17.4. The largest absolute Gasteiger partial charge is 0.507 e. The molecule has 0 aliphatic heterocycles. The number of phenols is 2. The fraction of sp³-hybridized carbons (Fsp3) is 0.591. The summed E-state index contributed by atoms with van der Waals surface area (Å²) in [6.45, 7) is 8.16. The number of unbranched alkanes of at least 4 members (excludes halogenated alkanes) is 9. The molecule has 2 rings (SSSR count). The third kappa shape index (κ3) is 20.7. The number of hydrazine groups is 2. The summed E-state index contributed by atoms with van der Waals surface area (Å²) in [6.07, 6.45) is 13.0. The summed E-state index contributed by atoms with van der Waals surface area (Å²) >= 11 is 2.56. The molecule has 0 bridgehead atoms. The smallest absolute Gasteiger partial charge is 0.306 e. The van der Waals surface area contributed by atoms with Gasteiger partial charge in [-0.2, -0.15) is 0 Å². The molecule has 16 heteroatoms. The number of hydrogen-bond acceptors (Lipinski definition) is 12. The van der Waals surface area contributed by atoms with Crippen molar-refractivity contribution in [2.45, 2.75) is 141 Å². The van der Waals surface area contributed by atoms with Gasteiger partial charge in [0.2, 0.25) is 0 Å². The van der Waals surface area contributed by atoms with Gasteiger partial charge >= 0.3 is 11.9 Å². The first-order valence-electron chi connectivity index (χ1n) is 21.3. The molecule has 0 saturated heterocycles. The molecule has 334 valence electrons. The maximum atomic E-state index is 12.5. The third-order valence-corrected chi connectivity index (χ3v) is 11.9. The van der Waals surface area contributed by atoms with E-state index in [-0.39, 0.29) is 47.4 Å². The first-order chi connectivity index (χ1) is 28.9. The van der Waals surface area contributed by atoms with Crippen molar-refractivity contribution < 1.29 is 48.5 Å². The van der Waals surface area contributed by atoms with Gasteiger partial charge in [-0.1, -0.05) is 89.5 Å². The highest BCUT2D eigenvalue weighted by atomic mass is 32.2. The minimum absolute atomic E-state index is 0.0825. The van der Waals surface area contributed by atoms with Crippen LogP contribution >= 0.6 is 23.5 Å². The van der Waals surface area contributed by atoms with E-state index in [1.165, 1.54) is 35.7 Å². The average molecular weight is 875 g/mol. The van der Waals surface area contributed by atoms with E-state index in [1.807, 2.05) is 13.8 Å². The van der Waals surface area contributed by atoms with E-state index >= 15 is 0 Å². The lowest BCUT2D eigenvalue weighted by Crippen LogP contribution is -2.45. The SMILES string of the molecule is CCCCc1cccc(C(=O)NNC(=O)C(C)SCCC(=O)OCCCCCCCCCCOC(=O)CCSC(C)C(=O)NNC(=O)c2cccc(CCCC)c2O)c1O. The number of hydrogen-bond donors (Lipinski definition) is 6. The Hall–Kier alpha value is -4.44. The van der Waals surface area contributed by atoms with Crippen LogP contribution in [0.3, 0.4) is 0 Å². The molecule has 2 aromatic carbocycles. The van der Waals surface area contributed by atoms with Gasteiger partial charge in [0.15, 0.2) is 0 Å². The van der Waals surface area contributed by atoms with E-state index in [0.717, 1.165) is 77.0 Å². The van der Waals surface area contributed by atoms with Crippen LogP contribution in [0.5, 0.6) is 11.5 Å². The van der Waals surface area contributed by atoms with Crippen LogP contribution in [0, 0.1) is 0 Å². The first-order valence-corrected chi connectivity index (χ1v) is 23.4. The van der Waals surface area contributed by atoms with E-state index in [1.54, 1.807) is 38.1 Å². The summed E-state index contributed by atoms with van der Waals surface area (Å²) in [5.41, 5.74) is 11.0. The van der Waals surface area contributed by atoms with Crippen molar-refractivity contribution in [3.63, 3.8) is 0 Å². The van der Waals surface area contributed by atoms with Crippen LogP contribution in [-0.4, -0.2) is 81.0 Å². The summed E-state index contributed by atoms with van der Waals surface area (Å²) in [7, 11) is 0. The molecule has 0 radical (unpaired) electrons. The summed E-state index contributed by atoms with van der Waals surface area (Å²) in [5, 5.41) is 19.8. The highest BCUT2D eigenvalue weighted by molar-refractivity contribution is 8.00. The molecule has 4 amide bonds. The minimum Gasteiger partial charge on any atom is -0.507 e. The van der Waals surface area contributed by atoms with Gasteiger partial charge in [-0.05, 0) is 75.6 Å². The van der Waals surface area contributed by atoms with Gasteiger partial charge in [-0.3, -0.25) is 50.5 Å². The number of esters is 2. The number of carbonyl (C=O) groups excluding carboxylic acids is 6. The Morgan fingerprint density at radius 2 is 0.917 bits per heavy atom. The van der Waals surface area contributed by atoms with Crippen LogP contribution in [-0.2, 0) is 41.5 Å². The Morgan fingerprint density at radius 3 is 1.28 bits per heavy atom. The Morgan fingerprint density at radius 1 is 0.550 bits per heavy atom. The normalized spacial score (nSPS) is 11.9. The monoisotopic (exact) mass is 874 g/mol. The molecule has 0 aromatic heterocycles. The van der Waals surface area contributed by atoms with Gasteiger partial charge in [0.1, 0.15) is 11.5 Å². The maximum Gasteiger partial charge on any atom is 0.306 e. The highest BCUT2D eigenvalue weighted by Crippen LogP contribution is 2.25. The molecular formula is C44H66N4O10S2. The maximum absolute atomic E-state index is 12.5. The molecule has 0 heterocycles. The van der Waals surface area contributed by atoms with Crippen LogP contribution in [0.2, 0.25) is 0 Å². The zero-order valence-electron chi connectivity index (χ0n) is 35.7. The number of para-hydroxylation sites is 2. The second kappa shape index (κ2) is 30.6. The van der Waals surface area contributed by atoms with Crippen molar-refractivity contribution in [1.82, 2.24) is 21.7 Å². The fourth-order valence-electron chi connectivity index (χ4n) is 5.83.